The minimum absolute atomic E-state index is 0.00782. The molecule has 5 N–H and O–H groups in total. The number of piperazine rings is 1. The number of aromatic nitrogens is 2. The summed E-state index contributed by atoms with van der Waals surface area (Å²) in [6.45, 7) is 3.80. The quantitative estimate of drug-likeness (QED) is 0.187. The van der Waals surface area contributed by atoms with Gasteiger partial charge in [-0.2, -0.15) is 0 Å². The van der Waals surface area contributed by atoms with Gasteiger partial charge in [0.25, 0.3) is 5.91 Å². The fourth-order valence-electron chi connectivity index (χ4n) is 9.35. The lowest BCUT2D eigenvalue weighted by Crippen LogP contribution is -2.52. The molecule has 314 valence electrons. The maximum Gasteiger partial charge on any atom is 0.253 e. The SMILES string of the molecule is O=C1CCC(Nc2ccc(N3CCN([C@H]4CC[C@H](C(=O)N[C@H]5CC[C@H](Nc6ncc(F)c(-c7cccc(C(=O)N8CC[C@H](O)C8)c7)n6)CC5)CC4)CC3)c(F)c2)C(=O)N1. The van der Waals surface area contributed by atoms with Gasteiger partial charge >= 0.3 is 0 Å². The third kappa shape index (κ3) is 9.65. The van der Waals surface area contributed by atoms with E-state index in [4.69, 9.17) is 0 Å². The van der Waals surface area contributed by atoms with Crippen LogP contribution in [0.25, 0.3) is 11.3 Å². The molecule has 4 amide bonds. The number of rotatable bonds is 10. The minimum Gasteiger partial charge on any atom is -0.391 e. The molecule has 1 unspecified atom stereocenters. The number of aliphatic hydroxyl groups excluding tert-OH is 1. The number of likely N-dealkylation sites (tertiary alicyclic amines) is 1. The molecule has 3 saturated heterocycles. The number of nitrogens with one attached hydrogen (secondary N) is 4. The lowest BCUT2D eigenvalue weighted by Gasteiger charge is -2.42. The van der Waals surface area contributed by atoms with E-state index in [2.05, 4.69) is 41.0 Å². The van der Waals surface area contributed by atoms with Crippen molar-refractivity contribution in [3.05, 3.63) is 65.9 Å². The largest absolute Gasteiger partial charge is 0.391 e. The molecule has 0 bridgehead atoms. The summed E-state index contributed by atoms with van der Waals surface area (Å²) in [7, 11) is 0. The Bertz CT molecular complexity index is 2030. The molecule has 4 heterocycles. The number of anilines is 3. The number of aliphatic hydroxyl groups is 1. The van der Waals surface area contributed by atoms with Crippen molar-refractivity contribution >= 4 is 41.0 Å². The van der Waals surface area contributed by atoms with Gasteiger partial charge in [0.2, 0.25) is 23.7 Å². The molecule has 0 spiro atoms. The summed E-state index contributed by atoms with van der Waals surface area (Å²) >= 11 is 0. The number of halogens is 2. The van der Waals surface area contributed by atoms with Crippen molar-refractivity contribution in [3.63, 3.8) is 0 Å². The number of amides is 4. The standard InChI is InChI=1S/C43H53F2N9O5/c44-34-23-31(47-36-13-15-38(56)50-41(36)58)10-14-37(34)53-20-18-52(19-21-53)32-11-4-26(5-12-32)40(57)48-29-6-8-30(9-7-29)49-43-46-24-35(45)39(51-43)27-2-1-3-28(22-27)42(59)54-17-16-33(55)25-54/h1-3,10,14,22-24,26,29-30,32-33,36,47,55H,4-9,11-13,15-21,25H2,(H,48,57)(H,46,49,51)(H,50,56,58)/t26-,29-,30-,32-,33-,36?/m0/s1. The van der Waals surface area contributed by atoms with Crippen LogP contribution in [-0.2, 0) is 14.4 Å². The molecule has 16 heteroatoms. The van der Waals surface area contributed by atoms with Crippen LogP contribution in [0.5, 0.6) is 0 Å². The molecule has 14 nitrogen and oxygen atoms in total. The molecule has 0 radical (unpaired) electrons. The van der Waals surface area contributed by atoms with E-state index >= 15 is 4.39 Å². The highest BCUT2D eigenvalue weighted by atomic mass is 19.1. The van der Waals surface area contributed by atoms with Crippen LogP contribution in [0.2, 0.25) is 0 Å². The normalized spacial score (nSPS) is 26.6. The number of carbonyl (C=O) groups excluding carboxylic acids is 4. The Kier molecular flexibility index (Phi) is 12.3. The highest BCUT2D eigenvalue weighted by molar-refractivity contribution is 6.01. The topological polar surface area (TPSA) is 172 Å². The van der Waals surface area contributed by atoms with Crippen molar-refractivity contribution in [1.29, 1.82) is 0 Å². The zero-order valence-electron chi connectivity index (χ0n) is 33.2. The fraction of sp³-hybridized carbons (Fsp3) is 0.535. The molecule has 2 atom stereocenters. The molecule has 5 fully saturated rings. The first-order valence-corrected chi connectivity index (χ1v) is 21.1. The maximum atomic E-state index is 15.2. The summed E-state index contributed by atoms with van der Waals surface area (Å²) in [5, 5.41) is 21.9. The van der Waals surface area contributed by atoms with Gasteiger partial charge in [-0.3, -0.25) is 29.4 Å². The van der Waals surface area contributed by atoms with Gasteiger partial charge in [0.15, 0.2) is 5.82 Å². The van der Waals surface area contributed by atoms with Crippen molar-refractivity contribution in [2.75, 3.05) is 54.8 Å². The number of β-amino-alcohol motifs (C(OH)–C–C–N with tert-alkyl or cyclic N) is 1. The van der Waals surface area contributed by atoms with Gasteiger partial charge in [0.05, 0.1) is 18.0 Å². The van der Waals surface area contributed by atoms with Gasteiger partial charge in [-0.15, -0.1) is 0 Å². The number of carbonyl (C=O) groups is 4. The molecule has 3 aromatic rings. The zero-order chi connectivity index (χ0) is 41.0. The van der Waals surface area contributed by atoms with Crippen molar-refractivity contribution in [1.82, 2.24) is 30.4 Å². The first-order chi connectivity index (χ1) is 28.6. The van der Waals surface area contributed by atoms with Crippen LogP contribution in [-0.4, -0.2) is 118 Å². The van der Waals surface area contributed by atoms with Gasteiger partial charge in [0.1, 0.15) is 17.6 Å². The molecular weight excluding hydrogens is 761 g/mol. The van der Waals surface area contributed by atoms with Crippen molar-refractivity contribution in [2.24, 2.45) is 5.92 Å². The number of piperidine rings is 1. The maximum absolute atomic E-state index is 15.2. The monoisotopic (exact) mass is 813 g/mol. The lowest BCUT2D eigenvalue weighted by atomic mass is 9.83. The summed E-state index contributed by atoms with van der Waals surface area (Å²) in [6.07, 6.45) is 8.60. The summed E-state index contributed by atoms with van der Waals surface area (Å²) < 4.78 is 30.2. The van der Waals surface area contributed by atoms with Gasteiger partial charge in [-0.25, -0.2) is 18.7 Å². The van der Waals surface area contributed by atoms with E-state index in [0.717, 1.165) is 70.7 Å². The lowest BCUT2D eigenvalue weighted by molar-refractivity contribution is -0.133. The smallest absolute Gasteiger partial charge is 0.253 e. The molecule has 1 aromatic heterocycles. The average Bonchev–Trinajstić information content (AvgIpc) is 3.69. The van der Waals surface area contributed by atoms with E-state index in [0.29, 0.717) is 67.0 Å². The number of nitrogens with zero attached hydrogens (tertiary/aromatic N) is 5. The third-order valence-electron chi connectivity index (χ3n) is 12.8. The highest BCUT2D eigenvalue weighted by Gasteiger charge is 2.34. The predicted molar refractivity (Wildman–Crippen MR) is 217 cm³/mol. The Morgan fingerprint density at radius 2 is 1.58 bits per heavy atom. The second-order valence-electron chi connectivity index (χ2n) is 16.7. The zero-order valence-corrected chi connectivity index (χ0v) is 33.2. The van der Waals surface area contributed by atoms with Crippen LogP contribution in [0.4, 0.5) is 26.1 Å². The van der Waals surface area contributed by atoms with Crippen molar-refractivity contribution in [3.8, 4) is 11.3 Å². The summed E-state index contributed by atoms with van der Waals surface area (Å²) in [5.74, 6) is -1.39. The molecule has 59 heavy (non-hydrogen) atoms. The van der Waals surface area contributed by atoms with Crippen LogP contribution in [0.1, 0.15) is 81.0 Å². The Labute approximate surface area is 342 Å². The first kappa shape index (κ1) is 40.6. The second kappa shape index (κ2) is 18.0. The van der Waals surface area contributed by atoms with Crippen molar-refractivity contribution < 1.29 is 33.1 Å². The summed E-state index contributed by atoms with van der Waals surface area (Å²) in [6, 6.07) is 11.7. The molecule has 2 aromatic carbocycles. The van der Waals surface area contributed by atoms with Gasteiger partial charge in [0, 0.05) is 86.5 Å². The predicted octanol–water partition coefficient (Wildman–Crippen LogP) is 4.07. The van der Waals surface area contributed by atoms with E-state index in [-0.39, 0.29) is 60.2 Å². The van der Waals surface area contributed by atoms with Gasteiger partial charge in [-0.05, 0) is 94.5 Å². The van der Waals surface area contributed by atoms with Crippen LogP contribution in [0, 0.1) is 17.6 Å². The number of imide groups is 1. The first-order valence-electron chi connectivity index (χ1n) is 21.1. The summed E-state index contributed by atoms with van der Waals surface area (Å²) in [5.41, 5.74) is 2.04. The van der Waals surface area contributed by atoms with E-state index in [1.54, 1.807) is 41.3 Å². The Morgan fingerprint density at radius 1 is 0.814 bits per heavy atom. The van der Waals surface area contributed by atoms with Gasteiger partial charge in [-0.1, -0.05) is 12.1 Å². The Hall–Kier alpha value is -5.22. The van der Waals surface area contributed by atoms with E-state index in [1.807, 2.05) is 0 Å². The molecule has 2 aliphatic carbocycles. The molecule has 2 saturated carbocycles. The number of hydrogen-bond acceptors (Lipinski definition) is 11. The number of hydrogen-bond donors (Lipinski definition) is 5. The Balaban J connectivity index is 0.752. The highest BCUT2D eigenvalue weighted by Crippen LogP contribution is 2.32. The fourth-order valence-corrected chi connectivity index (χ4v) is 9.35. The summed E-state index contributed by atoms with van der Waals surface area (Å²) in [4.78, 5) is 64.7. The Morgan fingerprint density at radius 3 is 2.29 bits per heavy atom. The molecule has 5 aliphatic rings. The second-order valence-corrected chi connectivity index (χ2v) is 16.7. The van der Waals surface area contributed by atoms with Crippen LogP contribution in [0.3, 0.4) is 0 Å². The average molecular weight is 814 g/mol. The number of benzene rings is 2. The van der Waals surface area contributed by atoms with E-state index in [1.165, 1.54) is 6.07 Å². The van der Waals surface area contributed by atoms with Crippen LogP contribution < -0.4 is 26.2 Å². The van der Waals surface area contributed by atoms with E-state index < -0.39 is 23.9 Å². The van der Waals surface area contributed by atoms with Gasteiger partial charge < -0.3 is 30.9 Å². The van der Waals surface area contributed by atoms with Crippen LogP contribution >= 0.6 is 0 Å². The minimum atomic E-state index is -0.585. The third-order valence-corrected chi connectivity index (χ3v) is 12.8. The van der Waals surface area contributed by atoms with E-state index in [9.17, 15) is 28.7 Å². The van der Waals surface area contributed by atoms with Crippen LogP contribution in [0.15, 0.2) is 48.7 Å². The molecule has 3 aliphatic heterocycles. The molecule has 8 rings (SSSR count). The molecular formula is C43H53F2N9O5. The van der Waals surface area contributed by atoms with Crippen molar-refractivity contribution in [2.45, 2.75) is 101 Å².